The third kappa shape index (κ3) is 6.21. The van der Waals surface area contributed by atoms with Gasteiger partial charge in [0.25, 0.3) is 10.2 Å². The first-order valence-electron chi connectivity index (χ1n) is 7.43. The first-order valence-corrected chi connectivity index (χ1v) is 8.87. The van der Waals surface area contributed by atoms with E-state index in [1.807, 2.05) is 0 Å². The summed E-state index contributed by atoms with van der Waals surface area (Å²) in [7, 11) is -3.27. The summed E-state index contributed by atoms with van der Waals surface area (Å²) in [4.78, 5) is 0. The van der Waals surface area contributed by atoms with Gasteiger partial charge in [0.1, 0.15) is 0 Å². The van der Waals surface area contributed by atoms with E-state index < -0.39 is 10.2 Å². The number of nitrogens with zero attached hydrogens (tertiary/aromatic N) is 1. The van der Waals surface area contributed by atoms with E-state index in [-0.39, 0.29) is 0 Å². The molecule has 1 saturated heterocycles. The summed E-state index contributed by atoms with van der Waals surface area (Å²) in [6.45, 7) is 9.03. The Hall–Kier alpha value is -0.170. The molecule has 5 nitrogen and oxygen atoms in total. The predicted molar refractivity (Wildman–Crippen MR) is 79.3 cm³/mol. The molecule has 0 aliphatic carbocycles. The summed E-state index contributed by atoms with van der Waals surface area (Å²) in [5.41, 5.74) is 0. The minimum atomic E-state index is -3.27. The predicted octanol–water partition coefficient (Wildman–Crippen LogP) is 1.33. The first kappa shape index (κ1) is 16.9. The Morgan fingerprint density at radius 2 is 2.11 bits per heavy atom. The average molecular weight is 291 g/mol. The number of hydrogen-bond donors (Lipinski definition) is 2. The Morgan fingerprint density at radius 1 is 1.37 bits per heavy atom. The summed E-state index contributed by atoms with van der Waals surface area (Å²) in [5, 5.41) is 3.40. The van der Waals surface area contributed by atoms with Gasteiger partial charge in [-0.15, -0.1) is 0 Å². The van der Waals surface area contributed by atoms with Gasteiger partial charge in [0.15, 0.2) is 0 Å². The van der Waals surface area contributed by atoms with Crippen LogP contribution in [0.2, 0.25) is 0 Å². The number of nitrogens with one attached hydrogen (secondary N) is 2. The molecule has 0 saturated carbocycles. The zero-order valence-electron chi connectivity index (χ0n) is 12.5. The van der Waals surface area contributed by atoms with E-state index in [1.165, 1.54) is 0 Å². The van der Waals surface area contributed by atoms with E-state index in [1.54, 1.807) is 4.31 Å². The Balaban J connectivity index is 2.44. The van der Waals surface area contributed by atoms with Crippen LogP contribution in [0.3, 0.4) is 0 Å². The summed E-state index contributed by atoms with van der Waals surface area (Å²) >= 11 is 0. The van der Waals surface area contributed by atoms with E-state index in [0.29, 0.717) is 31.6 Å². The molecule has 1 heterocycles. The number of unbranched alkanes of at least 4 members (excludes halogenated alkanes) is 1. The van der Waals surface area contributed by atoms with Crippen LogP contribution in [0.5, 0.6) is 0 Å². The largest absolute Gasteiger partial charge is 0.314 e. The maximum absolute atomic E-state index is 12.1. The number of hydrogen-bond acceptors (Lipinski definition) is 3. The van der Waals surface area contributed by atoms with Crippen molar-refractivity contribution in [3.8, 4) is 0 Å². The highest BCUT2D eigenvalue weighted by atomic mass is 32.2. The molecule has 19 heavy (non-hydrogen) atoms. The summed E-state index contributed by atoms with van der Waals surface area (Å²) in [6.07, 6.45) is 3.97. The molecule has 0 aromatic heterocycles. The van der Waals surface area contributed by atoms with E-state index in [0.717, 1.165) is 32.2 Å². The lowest BCUT2D eigenvalue weighted by Gasteiger charge is -2.32. The van der Waals surface area contributed by atoms with Gasteiger partial charge in [0.2, 0.25) is 0 Å². The van der Waals surface area contributed by atoms with Crippen molar-refractivity contribution in [2.45, 2.75) is 52.5 Å². The Labute approximate surface area is 118 Å². The van der Waals surface area contributed by atoms with Gasteiger partial charge in [-0.1, -0.05) is 27.2 Å². The fraction of sp³-hybridized carbons (Fsp3) is 1.00. The van der Waals surface area contributed by atoms with Gasteiger partial charge >= 0.3 is 0 Å². The van der Waals surface area contributed by atoms with Crippen LogP contribution in [0.25, 0.3) is 0 Å². The third-order valence-corrected chi connectivity index (χ3v) is 5.03. The fourth-order valence-corrected chi connectivity index (χ4v) is 3.64. The minimum absolute atomic E-state index is 0.430. The van der Waals surface area contributed by atoms with E-state index in [4.69, 9.17) is 0 Å². The zero-order valence-corrected chi connectivity index (χ0v) is 13.3. The van der Waals surface area contributed by atoms with Gasteiger partial charge in [0, 0.05) is 25.7 Å². The molecule has 0 spiro atoms. The molecule has 6 heteroatoms. The van der Waals surface area contributed by atoms with Crippen LogP contribution in [0.4, 0.5) is 0 Å². The van der Waals surface area contributed by atoms with Crippen LogP contribution in [-0.2, 0) is 10.2 Å². The van der Waals surface area contributed by atoms with Gasteiger partial charge in [-0.2, -0.15) is 12.7 Å². The van der Waals surface area contributed by atoms with Crippen molar-refractivity contribution in [1.29, 1.82) is 0 Å². The zero-order chi connectivity index (χ0) is 14.3. The molecule has 1 rings (SSSR count). The molecule has 0 radical (unpaired) electrons. The van der Waals surface area contributed by atoms with Crippen LogP contribution in [0.15, 0.2) is 0 Å². The van der Waals surface area contributed by atoms with E-state index in [2.05, 4.69) is 30.8 Å². The first-order chi connectivity index (χ1) is 8.95. The number of rotatable bonds is 8. The SMILES string of the molecule is CCCCNS(=O)(=O)N1CCCC(CNC(C)C)C1. The molecule has 114 valence electrons. The smallest absolute Gasteiger partial charge is 0.279 e. The topological polar surface area (TPSA) is 61.4 Å². The molecule has 1 aliphatic heterocycles. The second-order valence-corrected chi connectivity index (χ2v) is 7.44. The van der Waals surface area contributed by atoms with Crippen LogP contribution in [0, 0.1) is 5.92 Å². The monoisotopic (exact) mass is 291 g/mol. The molecular formula is C13H29N3O2S. The molecule has 2 N–H and O–H groups in total. The highest BCUT2D eigenvalue weighted by molar-refractivity contribution is 7.87. The van der Waals surface area contributed by atoms with Crippen LogP contribution >= 0.6 is 0 Å². The van der Waals surface area contributed by atoms with Gasteiger partial charge in [-0.3, -0.25) is 0 Å². The van der Waals surface area contributed by atoms with Crippen molar-refractivity contribution >= 4 is 10.2 Å². The molecule has 1 atom stereocenters. The quantitative estimate of drug-likeness (QED) is 0.663. The maximum atomic E-state index is 12.1. The standard InChI is InChI=1S/C13H29N3O2S/c1-4-5-8-15-19(17,18)16-9-6-7-13(11-16)10-14-12(2)3/h12-15H,4-11H2,1-3H3. The maximum Gasteiger partial charge on any atom is 0.279 e. The minimum Gasteiger partial charge on any atom is -0.314 e. The average Bonchev–Trinajstić information content (AvgIpc) is 2.37. The van der Waals surface area contributed by atoms with E-state index >= 15 is 0 Å². The lowest BCUT2D eigenvalue weighted by molar-refractivity contribution is 0.254. The van der Waals surface area contributed by atoms with Crippen LogP contribution in [0.1, 0.15) is 46.5 Å². The van der Waals surface area contributed by atoms with Gasteiger partial charge < -0.3 is 5.32 Å². The van der Waals surface area contributed by atoms with E-state index in [9.17, 15) is 8.42 Å². The van der Waals surface area contributed by atoms with Gasteiger partial charge in [-0.25, -0.2) is 4.72 Å². The van der Waals surface area contributed by atoms with Crippen LogP contribution in [-0.4, -0.2) is 44.9 Å². The summed E-state index contributed by atoms with van der Waals surface area (Å²) in [5.74, 6) is 0.430. The molecule has 0 aromatic rings. The molecule has 0 bridgehead atoms. The molecule has 1 fully saturated rings. The van der Waals surface area contributed by atoms with Crippen molar-refractivity contribution < 1.29 is 8.42 Å². The fourth-order valence-electron chi connectivity index (χ4n) is 2.28. The van der Waals surface area contributed by atoms with Crippen molar-refractivity contribution in [2.75, 3.05) is 26.2 Å². The molecule has 0 aromatic carbocycles. The second kappa shape index (κ2) is 8.19. The van der Waals surface area contributed by atoms with Crippen molar-refractivity contribution in [1.82, 2.24) is 14.3 Å². The van der Waals surface area contributed by atoms with Crippen LogP contribution < -0.4 is 10.0 Å². The third-order valence-electron chi connectivity index (χ3n) is 3.45. The van der Waals surface area contributed by atoms with Crippen molar-refractivity contribution in [3.63, 3.8) is 0 Å². The van der Waals surface area contributed by atoms with Gasteiger partial charge in [-0.05, 0) is 31.7 Å². The highest BCUT2D eigenvalue weighted by Crippen LogP contribution is 2.18. The number of piperidine rings is 1. The van der Waals surface area contributed by atoms with Crippen molar-refractivity contribution in [2.24, 2.45) is 5.92 Å². The normalized spacial score (nSPS) is 22.0. The van der Waals surface area contributed by atoms with Gasteiger partial charge in [0.05, 0.1) is 0 Å². The Morgan fingerprint density at radius 3 is 2.74 bits per heavy atom. The lowest BCUT2D eigenvalue weighted by atomic mass is 9.99. The molecule has 1 unspecified atom stereocenters. The summed E-state index contributed by atoms with van der Waals surface area (Å²) < 4.78 is 28.6. The molecule has 0 amide bonds. The lowest BCUT2D eigenvalue weighted by Crippen LogP contribution is -2.48. The Bertz CT molecular complexity index is 344. The second-order valence-electron chi connectivity index (χ2n) is 5.68. The van der Waals surface area contributed by atoms with Crippen molar-refractivity contribution in [3.05, 3.63) is 0 Å². The molecular weight excluding hydrogens is 262 g/mol. The molecule has 1 aliphatic rings. The summed E-state index contributed by atoms with van der Waals surface area (Å²) in [6, 6.07) is 0.453. The Kier molecular flexibility index (Phi) is 7.28. The highest BCUT2D eigenvalue weighted by Gasteiger charge is 2.28.